The molecule has 0 unspecified atom stereocenters. The number of carbonyl (C=O) groups is 2. The van der Waals surface area contributed by atoms with Crippen LogP contribution in [0.5, 0.6) is 0 Å². The van der Waals surface area contributed by atoms with Gasteiger partial charge in [-0.1, -0.05) is 36.0 Å². The van der Waals surface area contributed by atoms with Crippen LogP contribution in [0, 0.1) is 5.82 Å². The van der Waals surface area contributed by atoms with Crippen molar-refractivity contribution in [3.8, 4) is 0 Å². The van der Waals surface area contributed by atoms with Crippen molar-refractivity contribution in [1.82, 2.24) is 5.32 Å². The summed E-state index contributed by atoms with van der Waals surface area (Å²) in [5.41, 5.74) is 2.53. The molecule has 4 rings (SSSR count). The third kappa shape index (κ3) is 5.66. The highest BCUT2D eigenvalue weighted by molar-refractivity contribution is 7.99. The van der Waals surface area contributed by atoms with Crippen molar-refractivity contribution >= 4 is 29.3 Å². The Balaban J connectivity index is 1.61. The zero-order chi connectivity index (χ0) is 24.1. The van der Waals surface area contributed by atoms with Crippen LogP contribution in [0.4, 0.5) is 10.1 Å². The fraction of sp³-hybridized carbons (Fsp3) is 0.259. The third-order valence-corrected chi connectivity index (χ3v) is 6.55. The number of rotatable bonds is 8. The molecular formula is C27H27FN2O3S. The Morgan fingerprint density at radius 1 is 1.06 bits per heavy atom. The van der Waals surface area contributed by atoms with Gasteiger partial charge < -0.3 is 15.0 Å². The van der Waals surface area contributed by atoms with Gasteiger partial charge in [0.1, 0.15) is 5.82 Å². The molecule has 0 saturated heterocycles. The minimum absolute atomic E-state index is 0.158. The summed E-state index contributed by atoms with van der Waals surface area (Å²) in [6.07, 6.45) is 0.876. The highest BCUT2D eigenvalue weighted by Gasteiger charge is 2.28. The van der Waals surface area contributed by atoms with Crippen LogP contribution in [0.1, 0.15) is 46.5 Å². The number of benzene rings is 3. The first-order chi connectivity index (χ1) is 16.4. The number of hydrogen-bond donors (Lipinski definition) is 1. The average molecular weight is 479 g/mol. The van der Waals surface area contributed by atoms with E-state index in [0.717, 1.165) is 21.8 Å². The molecule has 0 aromatic heterocycles. The normalized spacial score (nSPS) is 12.8. The quantitative estimate of drug-likeness (QED) is 0.423. The molecule has 1 aliphatic heterocycles. The maximum atomic E-state index is 13.6. The molecule has 176 valence electrons. The Kier molecular flexibility index (Phi) is 7.65. The molecule has 34 heavy (non-hydrogen) atoms. The highest BCUT2D eigenvalue weighted by Crippen LogP contribution is 2.42. The Morgan fingerprint density at radius 3 is 2.59 bits per heavy atom. The number of anilines is 1. The van der Waals surface area contributed by atoms with Gasteiger partial charge in [-0.05, 0) is 68.3 Å². The molecule has 0 fully saturated rings. The van der Waals surface area contributed by atoms with Crippen molar-refractivity contribution < 1.29 is 18.7 Å². The van der Waals surface area contributed by atoms with Crippen LogP contribution in [0.3, 0.4) is 0 Å². The molecule has 0 bridgehead atoms. The molecule has 0 radical (unpaired) electrons. The van der Waals surface area contributed by atoms with Crippen LogP contribution in [-0.2, 0) is 11.3 Å². The summed E-state index contributed by atoms with van der Waals surface area (Å²) in [6.45, 7) is 5.30. The van der Waals surface area contributed by atoms with Gasteiger partial charge in [0.15, 0.2) is 0 Å². The Hall–Kier alpha value is -3.16. The molecule has 7 heteroatoms. The molecular weight excluding hydrogens is 451 g/mol. The summed E-state index contributed by atoms with van der Waals surface area (Å²) >= 11 is 1.50. The van der Waals surface area contributed by atoms with E-state index >= 15 is 0 Å². The fourth-order valence-electron chi connectivity index (χ4n) is 3.69. The predicted molar refractivity (Wildman–Crippen MR) is 132 cm³/mol. The molecule has 3 aromatic carbocycles. The Morgan fingerprint density at radius 2 is 1.82 bits per heavy atom. The predicted octanol–water partition coefficient (Wildman–Crippen LogP) is 5.68. The number of fused-ring (bicyclic) bond motifs is 2. The van der Waals surface area contributed by atoms with Gasteiger partial charge in [0.05, 0.1) is 23.9 Å². The molecule has 2 amide bonds. The van der Waals surface area contributed by atoms with E-state index in [0.29, 0.717) is 30.0 Å². The Labute approximate surface area is 203 Å². The van der Waals surface area contributed by atoms with Crippen LogP contribution in [0.25, 0.3) is 0 Å². The van der Waals surface area contributed by atoms with Crippen LogP contribution < -0.4 is 10.2 Å². The SMILES string of the molecule is CC(C)OCCCNC(=O)c1ccc2c(c1)N(Cc1ccc(F)cc1)C(=O)c1ccccc1S2. The lowest BCUT2D eigenvalue weighted by atomic mass is 10.1. The van der Waals surface area contributed by atoms with E-state index in [1.807, 2.05) is 38.1 Å². The van der Waals surface area contributed by atoms with Gasteiger partial charge in [0.25, 0.3) is 11.8 Å². The number of ether oxygens (including phenoxy) is 1. The van der Waals surface area contributed by atoms with Crippen molar-refractivity contribution in [2.45, 2.75) is 42.7 Å². The summed E-state index contributed by atoms with van der Waals surface area (Å²) in [5.74, 6) is -0.687. The molecule has 0 saturated carbocycles. The van der Waals surface area contributed by atoms with Gasteiger partial charge in [-0.2, -0.15) is 0 Å². The Bertz CT molecular complexity index is 1180. The van der Waals surface area contributed by atoms with E-state index in [2.05, 4.69) is 5.32 Å². The van der Waals surface area contributed by atoms with E-state index in [1.165, 1.54) is 23.9 Å². The van der Waals surface area contributed by atoms with Crippen molar-refractivity contribution in [3.63, 3.8) is 0 Å². The largest absolute Gasteiger partial charge is 0.379 e. The fourth-order valence-corrected chi connectivity index (χ4v) is 4.74. The molecule has 5 nitrogen and oxygen atoms in total. The number of hydrogen-bond acceptors (Lipinski definition) is 4. The monoisotopic (exact) mass is 478 g/mol. The van der Waals surface area contributed by atoms with Crippen LogP contribution in [-0.4, -0.2) is 31.1 Å². The van der Waals surface area contributed by atoms with Crippen molar-refractivity contribution in [3.05, 3.63) is 89.2 Å². The molecule has 0 aliphatic carbocycles. The zero-order valence-electron chi connectivity index (χ0n) is 19.2. The smallest absolute Gasteiger partial charge is 0.259 e. The van der Waals surface area contributed by atoms with E-state index in [1.54, 1.807) is 35.2 Å². The first kappa shape index (κ1) is 24.0. The first-order valence-corrected chi connectivity index (χ1v) is 12.1. The lowest BCUT2D eigenvalue weighted by Crippen LogP contribution is -2.31. The number of nitrogens with zero attached hydrogens (tertiary/aromatic N) is 1. The van der Waals surface area contributed by atoms with E-state index in [9.17, 15) is 14.0 Å². The summed E-state index contributed by atoms with van der Waals surface area (Å²) in [7, 11) is 0. The van der Waals surface area contributed by atoms with Crippen LogP contribution in [0.2, 0.25) is 0 Å². The summed E-state index contributed by atoms with van der Waals surface area (Å²) in [5, 5.41) is 2.92. The number of halogens is 1. The van der Waals surface area contributed by atoms with Crippen molar-refractivity contribution in [2.24, 2.45) is 0 Å². The average Bonchev–Trinajstić information content (AvgIpc) is 2.94. The van der Waals surface area contributed by atoms with Crippen molar-refractivity contribution in [1.29, 1.82) is 0 Å². The van der Waals surface area contributed by atoms with Gasteiger partial charge in [-0.3, -0.25) is 9.59 Å². The van der Waals surface area contributed by atoms with Gasteiger partial charge in [0.2, 0.25) is 0 Å². The second kappa shape index (κ2) is 10.8. The topological polar surface area (TPSA) is 58.6 Å². The minimum atomic E-state index is -0.329. The zero-order valence-corrected chi connectivity index (χ0v) is 20.0. The van der Waals surface area contributed by atoms with Gasteiger partial charge in [-0.25, -0.2) is 4.39 Å². The molecule has 1 aliphatic rings. The third-order valence-electron chi connectivity index (χ3n) is 5.41. The molecule has 0 atom stereocenters. The highest BCUT2D eigenvalue weighted by atomic mass is 32.2. The van der Waals surface area contributed by atoms with E-state index < -0.39 is 0 Å². The van der Waals surface area contributed by atoms with Crippen LogP contribution in [0.15, 0.2) is 76.5 Å². The minimum Gasteiger partial charge on any atom is -0.379 e. The summed E-state index contributed by atoms with van der Waals surface area (Å²) < 4.78 is 19.0. The molecule has 0 spiro atoms. The number of nitrogens with one attached hydrogen (secondary N) is 1. The maximum absolute atomic E-state index is 13.6. The second-order valence-corrected chi connectivity index (χ2v) is 9.41. The van der Waals surface area contributed by atoms with Crippen LogP contribution >= 0.6 is 11.8 Å². The molecule has 3 aromatic rings. The summed E-state index contributed by atoms with van der Waals surface area (Å²) in [4.78, 5) is 29.8. The number of carbonyl (C=O) groups excluding carboxylic acids is 2. The first-order valence-electron chi connectivity index (χ1n) is 11.3. The van der Waals surface area contributed by atoms with E-state index in [4.69, 9.17) is 4.74 Å². The summed E-state index contributed by atoms with van der Waals surface area (Å²) in [6, 6.07) is 19.0. The van der Waals surface area contributed by atoms with Crippen molar-refractivity contribution in [2.75, 3.05) is 18.1 Å². The standard InChI is InChI=1S/C27H27FN2O3S/c1-18(2)33-15-5-14-29-26(31)20-10-13-25-23(16-20)30(17-19-8-11-21(28)12-9-19)27(32)22-6-3-4-7-24(22)34-25/h3-4,6-13,16,18H,5,14-15,17H2,1-2H3,(H,29,31). The van der Waals surface area contributed by atoms with E-state index in [-0.39, 0.29) is 30.3 Å². The van der Waals surface area contributed by atoms with Gasteiger partial charge >= 0.3 is 0 Å². The lowest BCUT2D eigenvalue weighted by molar-refractivity contribution is 0.0757. The maximum Gasteiger partial charge on any atom is 0.259 e. The van der Waals surface area contributed by atoms with Gasteiger partial charge in [0, 0.05) is 28.5 Å². The second-order valence-electron chi connectivity index (χ2n) is 8.33. The number of amides is 2. The van der Waals surface area contributed by atoms with Gasteiger partial charge in [-0.15, -0.1) is 0 Å². The lowest BCUT2D eigenvalue weighted by Gasteiger charge is -2.24. The molecule has 1 N–H and O–H groups in total. The molecule has 1 heterocycles.